The van der Waals surface area contributed by atoms with E-state index in [9.17, 15) is 18.0 Å². The van der Waals surface area contributed by atoms with Gasteiger partial charge in [-0.1, -0.05) is 0 Å². The fourth-order valence-corrected chi connectivity index (χ4v) is 3.18. The number of anilines is 1. The van der Waals surface area contributed by atoms with Crippen molar-refractivity contribution in [2.24, 2.45) is 0 Å². The Morgan fingerprint density at radius 1 is 1.00 bits per heavy atom. The fraction of sp³-hybridized carbons (Fsp3) is 0.222. The molecule has 28 heavy (non-hydrogen) atoms. The van der Waals surface area contributed by atoms with Crippen LogP contribution in [0.15, 0.2) is 53.4 Å². The minimum absolute atomic E-state index is 0.0508. The van der Waals surface area contributed by atoms with Gasteiger partial charge in [-0.2, -0.15) is 0 Å². The van der Waals surface area contributed by atoms with Crippen LogP contribution >= 0.6 is 0 Å². The number of hydrogen-bond acceptors (Lipinski definition) is 6. The summed E-state index contributed by atoms with van der Waals surface area (Å²) in [6.45, 7) is 0.275. The molecule has 0 spiro atoms. The number of ether oxygens (including phenoxy) is 2. The Bertz CT molecular complexity index is 910. The third kappa shape index (κ3) is 6.25. The summed E-state index contributed by atoms with van der Waals surface area (Å²) in [5.74, 6) is -1.21. The molecular weight excluding hydrogens is 388 g/mol. The van der Waals surface area contributed by atoms with Crippen LogP contribution in [-0.4, -0.2) is 52.3 Å². The van der Waals surface area contributed by atoms with Gasteiger partial charge in [0.15, 0.2) is 0 Å². The second kappa shape index (κ2) is 9.72. The highest BCUT2D eigenvalue weighted by molar-refractivity contribution is 7.92. The van der Waals surface area contributed by atoms with E-state index in [0.29, 0.717) is 19.0 Å². The van der Waals surface area contributed by atoms with Crippen LogP contribution in [0.1, 0.15) is 10.4 Å². The van der Waals surface area contributed by atoms with Crippen molar-refractivity contribution in [1.29, 1.82) is 0 Å². The first-order chi connectivity index (χ1) is 13.3. The zero-order valence-electron chi connectivity index (χ0n) is 15.0. The van der Waals surface area contributed by atoms with Crippen LogP contribution in [0.2, 0.25) is 0 Å². The highest BCUT2D eigenvalue weighted by Gasteiger charge is 2.15. The molecule has 0 unspecified atom stereocenters. The smallest absolute Gasteiger partial charge is 0.322 e. The summed E-state index contributed by atoms with van der Waals surface area (Å²) in [7, 11) is -2.26. The van der Waals surface area contributed by atoms with Crippen LogP contribution < -0.4 is 14.8 Å². The van der Waals surface area contributed by atoms with Crippen molar-refractivity contribution < 1.29 is 32.6 Å². The lowest BCUT2D eigenvalue weighted by atomic mass is 10.2. The van der Waals surface area contributed by atoms with Crippen molar-refractivity contribution >= 4 is 27.6 Å². The molecule has 0 saturated heterocycles. The number of rotatable bonds is 10. The maximum atomic E-state index is 12.5. The SMILES string of the molecule is COCCOc1ccc(S(=O)(=O)Nc2ccc(C(=O)NCC(=O)O)cc2)cc1. The highest BCUT2D eigenvalue weighted by Crippen LogP contribution is 2.19. The lowest BCUT2D eigenvalue weighted by Gasteiger charge is -2.10. The van der Waals surface area contributed by atoms with E-state index >= 15 is 0 Å². The zero-order valence-corrected chi connectivity index (χ0v) is 15.9. The molecule has 0 aliphatic heterocycles. The van der Waals surface area contributed by atoms with E-state index < -0.39 is 28.4 Å². The van der Waals surface area contributed by atoms with E-state index in [4.69, 9.17) is 14.6 Å². The van der Waals surface area contributed by atoms with Gasteiger partial charge in [-0.05, 0) is 48.5 Å². The van der Waals surface area contributed by atoms with Crippen LogP contribution in [0.3, 0.4) is 0 Å². The Labute approximate surface area is 162 Å². The molecule has 0 heterocycles. The maximum Gasteiger partial charge on any atom is 0.322 e. The Morgan fingerprint density at radius 2 is 1.64 bits per heavy atom. The molecule has 0 aromatic heterocycles. The molecule has 2 aromatic carbocycles. The summed E-state index contributed by atoms with van der Waals surface area (Å²) in [6.07, 6.45) is 0. The maximum absolute atomic E-state index is 12.5. The number of hydrogen-bond donors (Lipinski definition) is 3. The van der Waals surface area contributed by atoms with Crippen LogP contribution in [0.4, 0.5) is 5.69 Å². The predicted octanol–water partition coefficient (Wildman–Crippen LogP) is 1.33. The van der Waals surface area contributed by atoms with Gasteiger partial charge < -0.3 is 19.9 Å². The quantitative estimate of drug-likeness (QED) is 0.505. The van der Waals surface area contributed by atoms with Crippen molar-refractivity contribution in [2.45, 2.75) is 4.90 Å². The van der Waals surface area contributed by atoms with E-state index in [2.05, 4.69) is 10.0 Å². The lowest BCUT2D eigenvalue weighted by molar-refractivity contribution is -0.135. The normalized spacial score (nSPS) is 10.9. The number of sulfonamides is 1. The molecule has 3 N–H and O–H groups in total. The molecule has 9 nitrogen and oxygen atoms in total. The van der Waals surface area contributed by atoms with Crippen LogP contribution in [0.25, 0.3) is 0 Å². The third-order valence-corrected chi connectivity index (χ3v) is 4.89. The lowest BCUT2D eigenvalue weighted by Crippen LogP contribution is -2.29. The monoisotopic (exact) mass is 408 g/mol. The molecule has 0 fully saturated rings. The predicted molar refractivity (Wildman–Crippen MR) is 101 cm³/mol. The molecule has 0 radical (unpaired) electrons. The van der Waals surface area contributed by atoms with E-state index in [-0.39, 0.29) is 16.1 Å². The Balaban J connectivity index is 2.01. The molecule has 0 atom stereocenters. The van der Waals surface area contributed by atoms with E-state index in [1.807, 2.05) is 0 Å². The number of aliphatic carboxylic acids is 1. The molecule has 2 rings (SSSR count). The average molecular weight is 408 g/mol. The summed E-state index contributed by atoms with van der Waals surface area (Å²) in [5.41, 5.74) is 0.469. The van der Waals surface area contributed by atoms with Gasteiger partial charge in [0.05, 0.1) is 11.5 Å². The molecule has 0 saturated carbocycles. The summed E-state index contributed by atoms with van der Waals surface area (Å²) >= 11 is 0. The summed E-state index contributed by atoms with van der Waals surface area (Å²) in [6, 6.07) is 11.5. The minimum Gasteiger partial charge on any atom is -0.491 e. The van der Waals surface area contributed by atoms with Crippen molar-refractivity contribution in [1.82, 2.24) is 5.32 Å². The zero-order chi connectivity index (χ0) is 20.6. The van der Waals surface area contributed by atoms with Crippen LogP contribution in [-0.2, 0) is 19.6 Å². The van der Waals surface area contributed by atoms with Gasteiger partial charge in [0.2, 0.25) is 0 Å². The number of carbonyl (C=O) groups excluding carboxylic acids is 1. The van der Waals surface area contributed by atoms with E-state index in [1.165, 1.54) is 36.4 Å². The first-order valence-electron chi connectivity index (χ1n) is 8.16. The number of amides is 1. The van der Waals surface area contributed by atoms with Gasteiger partial charge in [-0.15, -0.1) is 0 Å². The van der Waals surface area contributed by atoms with E-state index in [0.717, 1.165) is 0 Å². The second-order valence-electron chi connectivity index (χ2n) is 5.57. The standard InChI is InChI=1S/C18H20N2O7S/c1-26-10-11-27-15-6-8-16(9-7-15)28(24,25)20-14-4-2-13(3-5-14)18(23)19-12-17(21)22/h2-9,20H,10-12H2,1H3,(H,19,23)(H,21,22). The third-order valence-electron chi connectivity index (χ3n) is 3.49. The Morgan fingerprint density at radius 3 is 2.21 bits per heavy atom. The first kappa shape index (κ1) is 21.2. The highest BCUT2D eigenvalue weighted by atomic mass is 32.2. The molecule has 1 amide bonds. The molecule has 10 heteroatoms. The van der Waals surface area contributed by atoms with Crippen molar-refractivity contribution in [3.8, 4) is 5.75 Å². The molecule has 0 bridgehead atoms. The fourth-order valence-electron chi connectivity index (χ4n) is 2.12. The van der Waals surface area contributed by atoms with Gasteiger partial charge in [0, 0.05) is 18.4 Å². The number of benzene rings is 2. The summed E-state index contributed by atoms with van der Waals surface area (Å²) < 4.78 is 37.6. The second-order valence-corrected chi connectivity index (χ2v) is 7.25. The van der Waals surface area contributed by atoms with Crippen molar-refractivity contribution in [3.63, 3.8) is 0 Å². The number of carboxylic acids is 1. The van der Waals surface area contributed by atoms with Crippen molar-refractivity contribution in [3.05, 3.63) is 54.1 Å². The van der Waals surface area contributed by atoms with Gasteiger partial charge in [0.25, 0.3) is 15.9 Å². The van der Waals surface area contributed by atoms with E-state index in [1.54, 1.807) is 19.2 Å². The van der Waals surface area contributed by atoms with Crippen LogP contribution in [0.5, 0.6) is 5.75 Å². The van der Waals surface area contributed by atoms with Crippen molar-refractivity contribution in [2.75, 3.05) is 31.6 Å². The largest absolute Gasteiger partial charge is 0.491 e. The number of nitrogens with one attached hydrogen (secondary N) is 2. The van der Waals surface area contributed by atoms with Gasteiger partial charge in [-0.3, -0.25) is 14.3 Å². The molecular formula is C18H20N2O7S. The Kier molecular flexibility index (Phi) is 7.36. The molecule has 2 aromatic rings. The topological polar surface area (TPSA) is 131 Å². The molecule has 150 valence electrons. The average Bonchev–Trinajstić information content (AvgIpc) is 2.67. The first-order valence-corrected chi connectivity index (χ1v) is 9.65. The number of carbonyl (C=O) groups is 2. The number of methoxy groups -OCH3 is 1. The molecule has 0 aliphatic carbocycles. The molecule has 0 aliphatic rings. The summed E-state index contributed by atoms with van der Waals surface area (Å²) in [5, 5.41) is 10.8. The Hall–Kier alpha value is -3.11. The number of carboxylic acid groups (broad SMARTS) is 1. The summed E-state index contributed by atoms with van der Waals surface area (Å²) in [4.78, 5) is 22.3. The van der Waals surface area contributed by atoms with Gasteiger partial charge >= 0.3 is 5.97 Å². The van der Waals surface area contributed by atoms with Gasteiger partial charge in [-0.25, -0.2) is 8.42 Å². The van der Waals surface area contributed by atoms with Crippen LogP contribution in [0, 0.1) is 0 Å². The minimum atomic E-state index is -3.82. The van der Waals surface area contributed by atoms with Gasteiger partial charge in [0.1, 0.15) is 18.9 Å².